The highest BCUT2D eigenvalue weighted by molar-refractivity contribution is 5.36. The van der Waals surface area contributed by atoms with Crippen LogP contribution in [0.2, 0.25) is 0 Å². The highest BCUT2D eigenvalue weighted by Gasteiger charge is 2.09. The summed E-state index contributed by atoms with van der Waals surface area (Å²) in [6.45, 7) is 8.24. The van der Waals surface area contributed by atoms with Crippen LogP contribution in [0, 0.1) is 6.92 Å². The quantitative estimate of drug-likeness (QED) is 0.893. The Morgan fingerprint density at radius 3 is 2.10 bits per heavy atom. The van der Waals surface area contributed by atoms with Crippen molar-refractivity contribution >= 4 is 11.9 Å². The summed E-state index contributed by atoms with van der Waals surface area (Å²) in [6.07, 6.45) is 0. The Morgan fingerprint density at radius 1 is 0.950 bits per heavy atom. The van der Waals surface area contributed by atoms with Crippen LogP contribution in [0.1, 0.15) is 49.7 Å². The number of benzene rings is 1. The molecule has 0 aliphatic heterocycles. The molecule has 5 nitrogen and oxygen atoms in total. The molecule has 0 fully saturated rings. The number of nitrogens with one attached hydrogen (secondary N) is 1. The first kappa shape index (κ1) is 14.2. The minimum Gasteiger partial charge on any atom is -0.368 e. The van der Waals surface area contributed by atoms with Gasteiger partial charge in [-0.2, -0.15) is 15.0 Å². The second-order valence-corrected chi connectivity index (χ2v) is 5.25. The molecule has 3 N–H and O–H groups in total. The predicted octanol–water partition coefficient (Wildman–Crippen LogP) is 3.06. The largest absolute Gasteiger partial charge is 0.368 e. The number of aromatic nitrogens is 3. The fraction of sp³-hybridized carbons (Fsp3) is 0.400. The molecule has 106 valence electrons. The molecule has 0 aliphatic carbocycles. The minimum absolute atomic E-state index is 0.109. The van der Waals surface area contributed by atoms with Crippen molar-refractivity contribution in [3.05, 3.63) is 41.2 Å². The van der Waals surface area contributed by atoms with E-state index in [9.17, 15) is 0 Å². The molecule has 2 aromatic rings. The molecule has 20 heavy (non-hydrogen) atoms. The summed E-state index contributed by atoms with van der Waals surface area (Å²) in [5.74, 6) is 1.90. The van der Waals surface area contributed by atoms with Crippen LogP contribution in [0.4, 0.5) is 11.9 Å². The van der Waals surface area contributed by atoms with Crippen molar-refractivity contribution in [2.24, 2.45) is 0 Å². The standard InChI is InChI=1S/C15H21N5/c1-9(2)12-5-7-13(8-6-12)10(3)17-15-19-11(4)18-14(16)20-15/h5-10H,1-4H3,(H3,16,17,18,19,20). The molecule has 1 aromatic carbocycles. The average molecular weight is 271 g/mol. The van der Waals surface area contributed by atoms with Crippen molar-refractivity contribution in [1.82, 2.24) is 15.0 Å². The van der Waals surface area contributed by atoms with Crippen LogP contribution in [-0.4, -0.2) is 15.0 Å². The van der Waals surface area contributed by atoms with Gasteiger partial charge in [-0.3, -0.25) is 0 Å². The van der Waals surface area contributed by atoms with E-state index in [1.54, 1.807) is 6.92 Å². The van der Waals surface area contributed by atoms with Crippen LogP contribution in [0.5, 0.6) is 0 Å². The van der Waals surface area contributed by atoms with E-state index in [1.807, 2.05) is 0 Å². The third-order valence-electron chi connectivity index (χ3n) is 3.21. The maximum Gasteiger partial charge on any atom is 0.228 e. The van der Waals surface area contributed by atoms with Gasteiger partial charge < -0.3 is 11.1 Å². The average Bonchev–Trinajstić information content (AvgIpc) is 2.37. The van der Waals surface area contributed by atoms with Gasteiger partial charge in [0, 0.05) is 0 Å². The summed E-state index contributed by atoms with van der Waals surface area (Å²) >= 11 is 0. The lowest BCUT2D eigenvalue weighted by Gasteiger charge is -2.15. The summed E-state index contributed by atoms with van der Waals surface area (Å²) in [5, 5.41) is 3.25. The van der Waals surface area contributed by atoms with Gasteiger partial charge in [-0.25, -0.2) is 0 Å². The van der Waals surface area contributed by atoms with Gasteiger partial charge in [0.1, 0.15) is 5.82 Å². The fourth-order valence-corrected chi connectivity index (χ4v) is 2.01. The van der Waals surface area contributed by atoms with Gasteiger partial charge in [0.05, 0.1) is 6.04 Å². The minimum atomic E-state index is 0.109. The zero-order valence-electron chi connectivity index (χ0n) is 12.4. The number of aryl methyl sites for hydroxylation is 1. The summed E-state index contributed by atoms with van der Waals surface area (Å²) < 4.78 is 0. The number of nitrogens with zero attached hydrogens (tertiary/aromatic N) is 3. The Kier molecular flexibility index (Phi) is 4.17. The van der Waals surface area contributed by atoms with Crippen LogP contribution in [0.25, 0.3) is 0 Å². The lowest BCUT2D eigenvalue weighted by Crippen LogP contribution is -2.12. The molecule has 1 unspecified atom stereocenters. The Balaban J connectivity index is 2.13. The lowest BCUT2D eigenvalue weighted by molar-refractivity contribution is 0.836. The molecular weight excluding hydrogens is 250 g/mol. The molecule has 0 amide bonds. The first-order chi connectivity index (χ1) is 9.45. The number of nitrogen functional groups attached to an aromatic ring is 1. The van der Waals surface area contributed by atoms with Crippen LogP contribution in [-0.2, 0) is 0 Å². The zero-order chi connectivity index (χ0) is 14.7. The topological polar surface area (TPSA) is 76.7 Å². The Morgan fingerprint density at radius 2 is 1.55 bits per heavy atom. The smallest absolute Gasteiger partial charge is 0.228 e. The highest BCUT2D eigenvalue weighted by Crippen LogP contribution is 2.20. The third kappa shape index (κ3) is 3.44. The first-order valence-corrected chi connectivity index (χ1v) is 6.80. The van der Waals surface area contributed by atoms with Gasteiger partial charge >= 0.3 is 0 Å². The molecular formula is C15H21N5. The van der Waals surface area contributed by atoms with Crippen molar-refractivity contribution in [2.75, 3.05) is 11.1 Å². The van der Waals surface area contributed by atoms with E-state index in [-0.39, 0.29) is 12.0 Å². The lowest BCUT2D eigenvalue weighted by atomic mass is 10.00. The number of rotatable bonds is 4. The van der Waals surface area contributed by atoms with Crippen molar-refractivity contribution in [3.8, 4) is 0 Å². The summed E-state index contributed by atoms with van der Waals surface area (Å²) in [5.41, 5.74) is 8.15. The molecule has 1 heterocycles. The maximum atomic E-state index is 5.62. The summed E-state index contributed by atoms with van der Waals surface area (Å²) in [4.78, 5) is 12.3. The van der Waals surface area contributed by atoms with Crippen LogP contribution >= 0.6 is 0 Å². The molecule has 0 radical (unpaired) electrons. The first-order valence-electron chi connectivity index (χ1n) is 6.80. The molecule has 0 saturated heterocycles. The van der Waals surface area contributed by atoms with Crippen molar-refractivity contribution < 1.29 is 0 Å². The second kappa shape index (κ2) is 5.86. The van der Waals surface area contributed by atoms with Gasteiger partial charge in [0.2, 0.25) is 11.9 Å². The van der Waals surface area contributed by atoms with Gasteiger partial charge in [-0.1, -0.05) is 38.1 Å². The molecule has 0 bridgehead atoms. The van der Waals surface area contributed by atoms with E-state index >= 15 is 0 Å². The van der Waals surface area contributed by atoms with E-state index in [2.05, 4.69) is 65.3 Å². The van der Waals surface area contributed by atoms with Crippen molar-refractivity contribution in [1.29, 1.82) is 0 Å². The second-order valence-electron chi connectivity index (χ2n) is 5.25. The molecule has 1 atom stereocenters. The van der Waals surface area contributed by atoms with Crippen molar-refractivity contribution in [2.45, 2.75) is 39.7 Å². The fourth-order valence-electron chi connectivity index (χ4n) is 2.01. The molecule has 2 rings (SSSR count). The third-order valence-corrected chi connectivity index (χ3v) is 3.21. The maximum absolute atomic E-state index is 5.62. The molecule has 0 saturated carbocycles. The van der Waals surface area contributed by atoms with E-state index in [1.165, 1.54) is 11.1 Å². The highest BCUT2D eigenvalue weighted by atomic mass is 15.2. The number of hydrogen-bond acceptors (Lipinski definition) is 5. The Labute approximate surface area is 119 Å². The molecule has 1 aromatic heterocycles. The van der Waals surface area contributed by atoms with E-state index < -0.39 is 0 Å². The van der Waals surface area contributed by atoms with Gasteiger partial charge in [0.25, 0.3) is 0 Å². The SMILES string of the molecule is Cc1nc(N)nc(NC(C)c2ccc(C(C)C)cc2)n1. The van der Waals surface area contributed by atoms with Crippen molar-refractivity contribution in [3.63, 3.8) is 0 Å². The number of anilines is 2. The van der Waals surface area contributed by atoms with Gasteiger partial charge in [-0.15, -0.1) is 0 Å². The predicted molar refractivity (Wildman–Crippen MR) is 81.5 cm³/mol. The van der Waals surface area contributed by atoms with E-state index in [0.29, 0.717) is 17.7 Å². The monoisotopic (exact) mass is 271 g/mol. The summed E-state index contributed by atoms with van der Waals surface area (Å²) in [7, 11) is 0. The zero-order valence-corrected chi connectivity index (χ0v) is 12.4. The number of hydrogen-bond donors (Lipinski definition) is 2. The van der Waals surface area contributed by atoms with Crippen LogP contribution in [0.3, 0.4) is 0 Å². The Bertz CT molecular complexity index is 557. The Hall–Kier alpha value is -2.17. The molecule has 5 heteroatoms. The summed E-state index contributed by atoms with van der Waals surface area (Å²) in [6, 6.07) is 8.68. The molecule has 0 aliphatic rings. The number of nitrogens with two attached hydrogens (primary N) is 1. The van der Waals surface area contributed by atoms with Crippen LogP contribution < -0.4 is 11.1 Å². The van der Waals surface area contributed by atoms with Gasteiger partial charge in [-0.05, 0) is 30.9 Å². The van der Waals surface area contributed by atoms with E-state index in [4.69, 9.17) is 5.73 Å². The molecule has 0 spiro atoms. The normalized spacial score (nSPS) is 12.4. The van der Waals surface area contributed by atoms with Crippen LogP contribution in [0.15, 0.2) is 24.3 Å². The van der Waals surface area contributed by atoms with E-state index in [0.717, 1.165) is 0 Å². The van der Waals surface area contributed by atoms with Gasteiger partial charge in [0.15, 0.2) is 0 Å².